The van der Waals surface area contributed by atoms with E-state index in [0.29, 0.717) is 25.4 Å². The summed E-state index contributed by atoms with van der Waals surface area (Å²) in [5.41, 5.74) is 7.41. The highest BCUT2D eigenvalue weighted by atomic mass is 16.2. The number of aromatic nitrogens is 1. The monoisotopic (exact) mass is 503 g/mol. The first-order chi connectivity index (χ1) is 17.8. The Labute approximate surface area is 218 Å². The molecule has 2 heterocycles. The summed E-state index contributed by atoms with van der Waals surface area (Å²) < 4.78 is 0. The largest absolute Gasteiger partial charge is 0.361 e. The van der Waals surface area contributed by atoms with Gasteiger partial charge in [0.1, 0.15) is 11.6 Å². The van der Waals surface area contributed by atoms with E-state index in [1.165, 1.54) is 5.56 Å². The van der Waals surface area contributed by atoms with Crippen molar-refractivity contribution < 1.29 is 14.4 Å². The maximum Gasteiger partial charge on any atom is 0.245 e. The van der Waals surface area contributed by atoms with E-state index < -0.39 is 23.4 Å². The predicted octanol–water partition coefficient (Wildman–Crippen LogP) is 2.53. The predicted molar refractivity (Wildman–Crippen MR) is 145 cm³/mol. The van der Waals surface area contributed by atoms with Gasteiger partial charge in [0.15, 0.2) is 0 Å². The SMILES string of the molecule is CC(C)(NC(=O)CN)C(=O)NC(Cc1c[nH]c2ccccc12)C(=O)N1CCC[C@H](Cc2ccccc2)C1. The van der Waals surface area contributed by atoms with Crippen LogP contribution in [0, 0.1) is 5.92 Å². The van der Waals surface area contributed by atoms with Crippen molar-refractivity contribution in [2.75, 3.05) is 19.6 Å². The molecule has 0 bridgehead atoms. The highest BCUT2D eigenvalue weighted by Crippen LogP contribution is 2.24. The Morgan fingerprint density at radius 3 is 2.59 bits per heavy atom. The second-order valence-corrected chi connectivity index (χ2v) is 10.4. The molecule has 1 aromatic heterocycles. The van der Waals surface area contributed by atoms with Crippen LogP contribution in [-0.2, 0) is 27.2 Å². The first kappa shape index (κ1) is 26.4. The molecule has 0 radical (unpaired) electrons. The first-order valence-electron chi connectivity index (χ1n) is 13.0. The van der Waals surface area contributed by atoms with E-state index >= 15 is 0 Å². The van der Waals surface area contributed by atoms with Crippen LogP contribution in [0.1, 0.15) is 37.8 Å². The fraction of sp³-hybridized carbons (Fsp3) is 0.414. The van der Waals surface area contributed by atoms with Crippen molar-refractivity contribution >= 4 is 28.6 Å². The number of hydrogen-bond acceptors (Lipinski definition) is 4. The molecule has 0 saturated carbocycles. The van der Waals surface area contributed by atoms with Crippen molar-refractivity contribution in [2.45, 2.75) is 51.1 Å². The van der Waals surface area contributed by atoms with E-state index in [2.05, 4.69) is 27.8 Å². The summed E-state index contributed by atoms with van der Waals surface area (Å²) in [6.45, 7) is 4.32. The van der Waals surface area contributed by atoms with Crippen LogP contribution in [0.2, 0.25) is 0 Å². The van der Waals surface area contributed by atoms with Crippen LogP contribution in [0.5, 0.6) is 0 Å². The molecule has 196 valence electrons. The standard InChI is InChI=1S/C29H37N5O3/c1-29(2,33-26(35)17-30)28(37)32-25(16-22-18-31-24-13-7-6-12-23(22)24)27(36)34-14-8-11-21(19-34)15-20-9-4-3-5-10-20/h3-7,9-10,12-13,18,21,25,31H,8,11,14-17,19,30H2,1-2H3,(H,32,37)(H,33,35)/t21-,25?/m1/s1. The molecule has 8 heteroatoms. The van der Waals surface area contributed by atoms with Gasteiger partial charge in [0.25, 0.3) is 0 Å². The van der Waals surface area contributed by atoms with Crippen molar-refractivity contribution in [3.63, 3.8) is 0 Å². The number of likely N-dealkylation sites (tertiary alicyclic amines) is 1. The Hall–Kier alpha value is -3.65. The van der Waals surface area contributed by atoms with Crippen molar-refractivity contribution in [3.8, 4) is 0 Å². The molecule has 2 aromatic carbocycles. The lowest BCUT2D eigenvalue weighted by Gasteiger charge is -2.36. The molecule has 37 heavy (non-hydrogen) atoms. The van der Waals surface area contributed by atoms with Gasteiger partial charge in [0.2, 0.25) is 17.7 Å². The molecule has 1 aliphatic heterocycles. The van der Waals surface area contributed by atoms with Gasteiger partial charge < -0.3 is 26.3 Å². The minimum Gasteiger partial charge on any atom is -0.361 e. The smallest absolute Gasteiger partial charge is 0.245 e. The molecule has 3 amide bonds. The molecule has 1 saturated heterocycles. The molecule has 2 atom stereocenters. The number of amides is 3. The molecule has 8 nitrogen and oxygen atoms in total. The summed E-state index contributed by atoms with van der Waals surface area (Å²) in [5.74, 6) is -0.591. The summed E-state index contributed by atoms with van der Waals surface area (Å²) >= 11 is 0. The lowest BCUT2D eigenvalue weighted by atomic mass is 9.90. The molecule has 3 aromatic rings. The maximum absolute atomic E-state index is 13.9. The number of hydrogen-bond donors (Lipinski definition) is 4. The van der Waals surface area contributed by atoms with Crippen LogP contribution in [0.25, 0.3) is 10.9 Å². The Balaban J connectivity index is 1.54. The third-order valence-corrected chi connectivity index (χ3v) is 7.11. The van der Waals surface area contributed by atoms with Gasteiger partial charge >= 0.3 is 0 Å². The molecule has 5 N–H and O–H groups in total. The van der Waals surface area contributed by atoms with Gasteiger partial charge in [-0.2, -0.15) is 0 Å². The summed E-state index contributed by atoms with van der Waals surface area (Å²) in [6.07, 6.45) is 5.15. The van der Waals surface area contributed by atoms with Crippen LogP contribution in [0.15, 0.2) is 60.8 Å². The summed E-state index contributed by atoms with van der Waals surface area (Å²) in [7, 11) is 0. The number of aromatic amines is 1. The number of H-pyrrole nitrogens is 1. The van der Waals surface area contributed by atoms with Crippen molar-refractivity contribution in [1.82, 2.24) is 20.5 Å². The van der Waals surface area contributed by atoms with E-state index in [1.807, 2.05) is 53.6 Å². The molecule has 1 aliphatic rings. The third kappa shape index (κ3) is 6.57. The molecule has 0 aliphatic carbocycles. The van der Waals surface area contributed by atoms with Crippen LogP contribution in [0.4, 0.5) is 0 Å². The lowest BCUT2D eigenvalue weighted by molar-refractivity contribution is -0.139. The van der Waals surface area contributed by atoms with Gasteiger partial charge in [-0.05, 0) is 56.2 Å². The van der Waals surface area contributed by atoms with Crippen molar-refractivity contribution in [2.24, 2.45) is 11.7 Å². The van der Waals surface area contributed by atoms with Crippen LogP contribution >= 0.6 is 0 Å². The van der Waals surface area contributed by atoms with E-state index in [-0.39, 0.29) is 12.5 Å². The van der Waals surface area contributed by atoms with Crippen LogP contribution < -0.4 is 16.4 Å². The molecule has 1 fully saturated rings. The quantitative estimate of drug-likeness (QED) is 0.359. The van der Waals surface area contributed by atoms with E-state index in [4.69, 9.17) is 5.73 Å². The Bertz CT molecular complexity index is 1240. The fourth-order valence-corrected chi connectivity index (χ4v) is 5.12. The number of nitrogens with one attached hydrogen (secondary N) is 3. The van der Waals surface area contributed by atoms with Gasteiger partial charge in [0.05, 0.1) is 6.54 Å². The number of nitrogens with two attached hydrogens (primary N) is 1. The summed E-state index contributed by atoms with van der Waals surface area (Å²) in [6, 6.07) is 17.5. The van der Waals surface area contributed by atoms with E-state index in [0.717, 1.165) is 35.7 Å². The van der Waals surface area contributed by atoms with Crippen molar-refractivity contribution in [1.29, 1.82) is 0 Å². The zero-order valence-electron chi connectivity index (χ0n) is 21.6. The minimum absolute atomic E-state index is 0.0997. The minimum atomic E-state index is -1.22. The number of nitrogens with zero attached hydrogens (tertiary/aromatic N) is 1. The van der Waals surface area contributed by atoms with Crippen LogP contribution in [0.3, 0.4) is 0 Å². The number of carbonyl (C=O) groups excluding carboxylic acids is 3. The Kier molecular flexibility index (Phi) is 8.28. The fourth-order valence-electron chi connectivity index (χ4n) is 5.12. The van der Waals surface area contributed by atoms with E-state index in [1.54, 1.807) is 13.8 Å². The highest BCUT2D eigenvalue weighted by molar-refractivity contribution is 5.95. The Morgan fingerprint density at radius 2 is 1.84 bits per heavy atom. The number of carbonyl (C=O) groups is 3. The number of piperidine rings is 1. The van der Waals surface area contributed by atoms with Gasteiger partial charge in [-0.15, -0.1) is 0 Å². The Morgan fingerprint density at radius 1 is 1.11 bits per heavy atom. The van der Waals surface area contributed by atoms with Gasteiger partial charge in [-0.1, -0.05) is 48.5 Å². The zero-order chi connectivity index (χ0) is 26.4. The molecular weight excluding hydrogens is 466 g/mol. The molecule has 4 rings (SSSR count). The lowest BCUT2D eigenvalue weighted by Crippen LogP contribution is -2.60. The maximum atomic E-state index is 13.9. The van der Waals surface area contributed by atoms with Crippen molar-refractivity contribution in [3.05, 3.63) is 71.9 Å². The molecule has 1 unspecified atom stereocenters. The van der Waals surface area contributed by atoms with E-state index in [9.17, 15) is 14.4 Å². The summed E-state index contributed by atoms with van der Waals surface area (Å²) in [4.78, 5) is 44.2. The number of para-hydroxylation sites is 1. The number of fused-ring (bicyclic) bond motifs is 1. The third-order valence-electron chi connectivity index (χ3n) is 7.11. The van der Waals surface area contributed by atoms with Gasteiger partial charge in [-0.3, -0.25) is 14.4 Å². The summed E-state index contributed by atoms with van der Waals surface area (Å²) in [5, 5.41) is 6.62. The zero-order valence-corrected chi connectivity index (χ0v) is 21.6. The second-order valence-electron chi connectivity index (χ2n) is 10.4. The number of benzene rings is 2. The second kappa shape index (κ2) is 11.6. The van der Waals surface area contributed by atoms with Crippen LogP contribution in [-0.4, -0.2) is 58.8 Å². The first-order valence-corrected chi connectivity index (χ1v) is 13.0. The average molecular weight is 504 g/mol. The number of rotatable bonds is 9. The average Bonchev–Trinajstić information content (AvgIpc) is 3.31. The topological polar surface area (TPSA) is 120 Å². The van der Waals surface area contributed by atoms with Gasteiger partial charge in [-0.25, -0.2) is 0 Å². The highest BCUT2D eigenvalue weighted by Gasteiger charge is 2.35. The molecular formula is C29H37N5O3. The molecule has 0 spiro atoms. The van der Waals surface area contributed by atoms with Gasteiger partial charge in [0, 0.05) is 36.6 Å². The normalized spacial score (nSPS) is 16.8.